The van der Waals surface area contributed by atoms with Crippen molar-refractivity contribution in [3.05, 3.63) is 35.7 Å². The first-order valence-corrected chi connectivity index (χ1v) is 6.07. The van der Waals surface area contributed by atoms with Crippen LogP contribution >= 0.6 is 0 Å². The van der Waals surface area contributed by atoms with Crippen molar-refractivity contribution in [2.75, 3.05) is 0 Å². The molecule has 0 amide bonds. The number of rotatable bonds is 3. The molecule has 2 heterocycles. The molecule has 0 radical (unpaired) electrons. The molecule has 3 rings (SSSR count). The van der Waals surface area contributed by atoms with Crippen molar-refractivity contribution in [3.8, 4) is 0 Å². The average Bonchev–Trinajstić information content (AvgIpc) is 2.97. The van der Waals surface area contributed by atoms with Crippen LogP contribution in [0.3, 0.4) is 0 Å². The van der Waals surface area contributed by atoms with Gasteiger partial charge in [-0.05, 0) is 19.3 Å². The van der Waals surface area contributed by atoms with E-state index in [1.807, 2.05) is 24.1 Å². The van der Waals surface area contributed by atoms with Crippen LogP contribution in [0.4, 0.5) is 0 Å². The summed E-state index contributed by atoms with van der Waals surface area (Å²) in [4.78, 5) is 7.33. The Hall–Kier alpha value is -1.62. The summed E-state index contributed by atoms with van der Waals surface area (Å²) in [6.45, 7) is 0.784. The zero-order valence-corrected chi connectivity index (χ0v) is 9.98. The molecule has 0 aliphatic heterocycles. The van der Waals surface area contributed by atoms with Crippen LogP contribution in [0.1, 0.15) is 36.0 Å². The van der Waals surface area contributed by atoms with Crippen LogP contribution in [-0.4, -0.2) is 19.7 Å². The highest BCUT2D eigenvalue weighted by atomic mass is 15.3. The molecule has 1 aliphatic carbocycles. The number of aromatic amines is 1. The number of hydrogen-bond donors (Lipinski definition) is 2. The second kappa shape index (κ2) is 4.33. The molecule has 0 saturated heterocycles. The van der Waals surface area contributed by atoms with Crippen molar-refractivity contribution in [1.82, 2.24) is 25.1 Å². The third-order valence-corrected chi connectivity index (χ3v) is 3.45. The Kier molecular flexibility index (Phi) is 2.68. The lowest BCUT2D eigenvalue weighted by molar-refractivity contribution is 0.447. The molecule has 2 aromatic rings. The minimum Gasteiger partial charge on any atom is -0.348 e. The highest BCUT2D eigenvalue weighted by Gasteiger charge is 2.22. The number of imidazole rings is 1. The van der Waals surface area contributed by atoms with Gasteiger partial charge >= 0.3 is 0 Å². The van der Waals surface area contributed by atoms with Crippen molar-refractivity contribution >= 4 is 0 Å². The van der Waals surface area contributed by atoms with Crippen LogP contribution in [0.5, 0.6) is 0 Å². The number of aryl methyl sites for hydroxylation is 1. The fourth-order valence-electron chi connectivity index (χ4n) is 2.53. The van der Waals surface area contributed by atoms with E-state index < -0.39 is 0 Å². The van der Waals surface area contributed by atoms with Crippen molar-refractivity contribution in [2.45, 2.75) is 31.8 Å². The van der Waals surface area contributed by atoms with E-state index in [2.05, 4.69) is 20.4 Å². The summed E-state index contributed by atoms with van der Waals surface area (Å²) in [5.74, 6) is 0.987. The van der Waals surface area contributed by atoms with Gasteiger partial charge in [0.1, 0.15) is 5.82 Å². The first kappa shape index (κ1) is 10.5. The van der Waals surface area contributed by atoms with Gasteiger partial charge in [-0.3, -0.25) is 4.68 Å². The smallest absolute Gasteiger partial charge is 0.120 e. The van der Waals surface area contributed by atoms with Crippen LogP contribution in [0, 0.1) is 0 Å². The summed E-state index contributed by atoms with van der Waals surface area (Å²) in [6, 6.07) is 0.414. The molecule has 2 N–H and O–H groups in total. The van der Waals surface area contributed by atoms with Crippen LogP contribution in [0.2, 0.25) is 0 Å². The van der Waals surface area contributed by atoms with Gasteiger partial charge in [0.2, 0.25) is 0 Å². The molecule has 0 spiro atoms. The van der Waals surface area contributed by atoms with E-state index in [-0.39, 0.29) is 0 Å². The first-order chi connectivity index (χ1) is 8.34. The van der Waals surface area contributed by atoms with Gasteiger partial charge in [-0.15, -0.1) is 0 Å². The monoisotopic (exact) mass is 231 g/mol. The maximum Gasteiger partial charge on any atom is 0.120 e. The Labute approximate surface area is 100 Å². The van der Waals surface area contributed by atoms with Gasteiger partial charge in [0.15, 0.2) is 0 Å². The van der Waals surface area contributed by atoms with Crippen molar-refractivity contribution in [2.24, 2.45) is 7.05 Å². The van der Waals surface area contributed by atoms with E-state index in [4.69, 9.17) is 0 Å². The molecule has 1 unspecified atom stereocenters. The second-order valence-electron chi connectivity index (χ2n) is 4.53. The van der Waals surface area contributed by atoms with Crippen LogP contribution in [0.25, 0.3) is 0 Å². The molecular formula is C12H17N5. The van der Waals surface area contributed by atoms with Crippen molar-refractivity contribution < 1.29 is 0 Å². The summed E-state index contributed by atoms with van der Waals surface area (Å²) < 4.78 is 2.00. The number of nitrogens with zero attached hydrogens (tertiary/aromatic N) is 3. The molecule has 17 heavy (non-hydrogen) atoms. The normalized spacial score (nSPS) is 19.2. The fraction of sp³-hybridized carbons (Fsp3) is 0.500. The van der Waals surface area contributed by atoms with Gasteiger partial charge < -0.3 is 10.3 Å². The summed E-state index contributed by atoms with van der Waals surface area (Å²) in [6.07, 6.45) is 9.18. The van der Waals surface area contributed by atoms with Gasteiger partial charge in [-0.2, -0.15) is 5.10 Å². The highest BCUT2D eigenvalue weighted by molar-refractivity contribution is 5.24. The maximum absolute atomic E-state index is 4.35. The van der Waals surface area contributed by atoms with E-state index in [1.165, 1.54) is 24.1 Å². The Balaban J connectivity index is 1.72. The Morgan fingerprint density at radius 3 is 3.35 bits per heavy atom. The van der Waals surface area contributed by atoms with Crippen LogP contribution in [0.15, 0.2) is 18.6 Å². The standard InChI is InChI=1S/C12H17N5/c1-17-11-4-2-3-10(9(11)7-16-17)15-8-12-13-5-6-14-12/h5-7,10,15H,2-4,8H2,1H3,(H,13,14). The molecule has 0 saturated carbocycles. The quantitative estimate of drug-likeness (QED) is 0.837. The molecule has 0 aromatic carbocycles. The highest BCUT2D eigenvalue weighted by Crippen LogP contribution is 2.29. The number of nitrogens with one attached hydrogen (secondary N) is 2. The zero-order chi connectivity index (χ0) is 11.7. The maximum atomic E-state index is 4.35. The lowest BCUT2D eigenvalue weighted by Crippen LogP contribution is -2.25. The molecule has 0 bridgehead atoms. The minimum atomic E-state index is 0.414. The van der Waals surface area contributed by atoms with Crippen molar-refractivity contribution in [1.29, 1.82) is 0 Å². The van der Waals surface area contributed by atoms with E-state index >= 15 is 0 Å². The van der Waals surface area contributed by atoms with E-state index in [0.29, 0.717) is 6.04 Å². The van der Waals surface area contributed by atoms with E-state index in [0.717, 1.165) is 18.8 Å². The molecule has 5 heteroatoms. The molecule has 90 valence electrons. The number of hydrogen-bond acceptors (Lipinski definition) is 3. The third-order valence-electron chi connectivity index (χ3n) is 3.45. The lowest BCUT2D eigenvalue weighted by atomic mass is 9.93. The summed E-state index contributed by atoms with van der Waals surface area (Å²) >= 11 is 0. The van der Waals surface area contributed by atoms with Gasteiger partial charge in [0.25, 0.3) is 0 Å². The minimum absolute atomic E-state index is 0.414. The van der Waals surface area contributed by atoms with Crippen LogP contribution < -0.4 is 5.32 Å². The van der Waals surface area contributed by atoms with E-state index in [9.17, 15) is 0 Å². The number of H-pyrrole nitrogens is 1. The number of aromatic nitrogens is 4. The average molecular weight is 231 g/mol. The van der Waals surface area contributed by atoms with Crippen molar-refractivity contribution in [3.63, 3.8) is 0 Å². The topological polar surface area (TPSA) is 58.5 Å². The molecular weight excluding hydrogens is 214 g/mol. The third kappa shape index (κ3) is 1.98. The van der Waals surface area contributed by atoms with E-state index in [1.54, 1.807) is 6.20 Å². The Morgan fingerprint density at radius 1 is 1.59 bits per heavy atom. The van der Waals surface area contributed by atoms with Gasteiger partial charge in [0.05, 0.1) is 12.7 Å². The second-order valence-corrected chi connectivity index (χ2v) is 4.53. The van der Waals surface area contributed by atoms with Gasteiger partial charge in [-0.1, -0.05) is 0 Å². The van der Waals surface area contributed by atoms with Gasteiger partial charge in [-0.25, -0.2) is 4.98 Å². The Bertz CT molecular complexity index is 485. The summed E-state index contributed by atoms with van der Waals surface area (Å²) in [7, 11) is 2.02. The van der Waals surface area contributed by atoms with Gasteiger partial charge in [0, 0.05) is 36.7 Å². The fourth-order valence-corrected chi connectivity index (χ4v) is 2.53. The molecule has 1 atom stereocenters. The largest absolute Gasteiger partial charge is 0.348 e. The number of fused-ring (bicyclic) bond motifs is 1. The van der Waals surface area contributed by atoms with Crippen LogP contribution in [-0.2, 0) is 20.0 Å². The Morgan fingerprint density at radius 2 is 2.53 bits per heavy atom. The molecule has 1 aliphatic rings. The SMILES string of the molecule is Cn1ncc2c1CCCC2NCc1ncc[nH]1. The zero-order valence-electron chi connectivity index (χ0n) is 9.98. The predicted molar refractivity (Wildman–Crippen MR) is 64.3 cm³/mol. The summed E-state index contributed by atoms with van der Waals surface area (Å²) in [5, 5.41) is 7.89. The molecule has 0 fully saturated rings. The molecule has 5 nitrogen and oxygen atoms in total. The molecule has 2 aromatic heterocycles. The lowest BCUT2D eigenvalue weighted by Gasteiger charge is -2.23. The predicted octanol–water partition coefficient (Wildman–Crippen LogP) is 1.31. The first-order valence-electron chi connectivity index (χ1n) is 6.07. The summed E-state index contributed by atoms with van der Waals surface area (Å²) in [5.41, 5.74) is 2.72.